The van der Waals surface area contributed by atoms with Gasteiger partial charge in [-0.1, -0.05) is 47.6 Å². The van der Waals surface area contributed by atoms with E-state index in [1.807, 2.05) is 0 Å². The van der Waals surface area contributed by atoms with E-state index in [2.05, 4.69) is 15.1 Å². The summed E-state index contributed by atoms with van der Waals surface area (Å²) in [6.45, 7) is 1.95. The van der Waals surface area contributed by atoms with Crippen LogP contribution in [0.25, 0.3) is 27.3 Å². The van der Waals surface area contributed by atoms with E-state index in [0.717, 1.165) is 5.56 Å². The normalized spacial score (nSPS) is 11.3. The van der Waals surface area contributed by atoms with Crippen molar-refractivity contribution in [2.24, 2.45) is 5.11 Å². The lowest BCUT2D eigenvalue weighted by Crippen LogP contribution is -2.08. The first-order valence-corrected chi connectivity index (χ1v) is 8.24. The van der Waals surface area contributed by atoms with Crippen LogP contribution in [0.2, 0.25) is 0 Å². The fraction of sp³-hybridized carbons (Fsp3) is 0.211. The lowest BCUT2D eigenvalue weighted by atomic mass is 10.0. The maximum atomic E-state index is 13.6. The lowest BCUT2D eigenvalue weighted by molar-refractivity contribution is -0.140. The number of rotatable bonds is 5. The van der Waals surface area contributed by atoms with E-state index in [1.54, 1.807) is 61.5 Å². The molecule has 3 aromatic rings. The van der Waals surface area contributed by atoms with Crippen molar-refractivity contribution >= 4 is 0 Å². The third-order valence-electron chi connectivity index (χ3n) is 4.19. The Morgan fingerprint density at radius 2 is 1.74 bits per heavy atom. The summed E-state index contributed by atoms with van der Waals surface area (Å²) in [5, 5.41) is 7.33. The predicted octanol–water partition coefficient (Wildman–Crippen LogP) is 5.72. The minimum atomic E-state index is -4.56. The van der Waals surface area contributed by atoms with Gasteiger partial charge in [0.25, 0.3) is 0 Å². The van der Waals surface area contributed by atoms with E-state index in [9.17, 15) is 13.2 Å². The standard InChI is InChI=1S/C19H16F3N5/c1-13-17(15-5-3-2-4-6-15)18(19(20,21)22)25-27(13)16-9-7-14(8-10-16)11-12-24-26-23/h2-10H,11-12H2,1H3. The first-order valence-electron chi connectivity index (χ1n) is 8.24. The summed E-state index contributed by atoms with van der Waals surface area (Å²) in [7, 11) is 0. The molecule has 0 atom stereocenters. The van der Waals surface area contributed by atoms with Gasteiger partial charge in [-0.2, -0.15) is 18.3 Å². The Morgan fingerprint density at radius 1 is 1.07 bits per heavy atom. The molecule has 8 heteroatoms. The van der Waals surface area contributed by atoms with Crippen LogP contribution in [0.1, 0.15) is 17.0 Å². The summed E-state index contributed by atoms with van der Waals surface area (Å²) in [4.78, 5) is 2.70. The molecule has 1 heterocycles. The van der Waals surface area contributed by atoms with Crippen LogP contribution >= 0.6 is 0 Å². The highest BCUT2D eigenvalue weighted by atomic mass is 19.4. The molecule has 0 saturated carbocycles. The smallest absolute Gasteiger partial charge is 0.237 e. The van der Waals surface area contributed by atoms with Crippen molar-refractivity contribution in [3.8, 4) is 16.8 Å². The number of benzene rings is 2. The van der Waals surface area contributed by atoms with Crippen LogP contribution in [0.4, 0.5) is 13.2 Å². The van der Waals surface area contributed by atoms with Crippen LogP contribution in [0, 0.1) is 6.92 Å². The number of alkyl halides is 3. The Bertz CT molecular complexity index is 969. The van der Waals surface area contributed by atoms with Gasteiger partial charge in [0.1, 0.15) is 0 Å². The number of aromatic nitrogens is 2. The van der Waals surface area contributed by atoms with Crippen molar-refractivity contribution < 1.29 is 13.2 Å². The van der Waals surface area contributed by atoms with Crippen LogP contribution in [0.15, 0.2) is 59.7 Å². The fourth-order valence-corrected chi connectivity index (χ4v) is 2.93. The molecule has 0 radical (unpaired) electrons. The molecule has 0 fully saturated rings. The Kier molecular flexibility index (Phi) is 5.19. The van der Waals surface area contributed by atoms with Gasteiger partial charge in [-0.15, -0.1) is 0 Å². The summed E-state index contributed by atoms with van der Waals surface area (Å²) >= 11 is 0. The van der Waals surface area contributed by atoms with Crippen molar-refractivity contribution in [1.82, 2.24) is 9.78 Å². The topological polar surface area (TPSA) is 66.6 Å². The van der Waals surface area contributed by atoms with E-state index >= 15 is 0 Å². The van der Waals surface area contributed by atoms with Gasteiger partial charge >= 0.3 is 6.18 Å². The minimum absolute atomic E-state index is 0.0792. The van der Waals surface area contributed by atoms with Gasteiger partial charge in [0, 0.05) is 22.7 Å². The van der Waals surface area contributed by atoms with Crippen LogP contribution in [-0.2, 0) is 12.6 Å². The molecule has 0 amide bonds. The molecule has 0 N–H and O–H groups in total. The monoisotopic (exact) mass is 371 g/mol. The zero-order valence-corrected chi connectivity index (χ0v) is 14.5. The third-order valence-corrected chi connectivity index (χ3v) is 4.19. The van der Waals surface area contributed by atoms with Gasteiger partial charge in [0.15, 0.2) is 5.69 Å². The first-order chi connectivity index (χ1) is 12.9. The van der Waals surface area contributed by atoms with E-state index in [4.69, 9.17) is 5.53 Å². The van der Waals surface area contributed by atoms with Crippen LogP contribution in [-0.4, -0.2) is 16.3 Å². The Labute approximate surface area is 153 Å². The van der Waals surface area contributed by atoms with Crippen molar-refractivity contribution in [2.75, 3.05) is 6.54 Å². The first kappa shape index (κ1) is 18.5. The van der Waals surface area contributed by atoms with Crippen molar-refractivity contribution in [3.63, 3.8) is 0 Å². The lowest BCUT2D eigenvalue weighted by Gasteiger charge is -2.07. The molecular formula is C19H16F3N5. The largest absolute Gasteiger partial charge is 0.435 e. The summed E-state index contributed by atoms with van der Waals surface area (Å²) < 4.78 is 42.0. The SMILES string of the molecule is Cc1c(-c2ccccc2)c(C(F)(F)F)nn1-c1ccc(CCN=[N+]=[N-])cc1. The number of azide groups is 1. The molecule has 0 spiro atoms. The zero-order chi connectivity index (χ0) is 19.4. The van der Waals surface area contributed by atoms with Gasteiger partial charge < -0.3 is 0 Å². The van der Waals surface area contributed by atoms with Gasteiger partial charge in [0.2, 0.25) is 0 Å². The zero-order valence-electron chi connectivity index (χ0n) is 14.5. The Balaban J connectivity index is 2.04. The molecule has 1 aromatic heterocycles. The molecule has 2 aromatic carbocycles. The van der Waals surface area contributed by atoms with Gasteiger partial charge in [-0.05, 0) is 42.1 Å². The molecular weight excluding hydrogens is 355 g/mol. The Hall–Kier alpha value is -3.25. The number of hydrogen-bond donors (Lipinski definition) is 0. The number of nitrogens with zero attached hydrogens (tertiary/aromatic N) is 5. The van der Waals surface area contributed by atoms with Gasteiger partial charge in [-0.25, -0.2) is 4.68 Å². The molecule has 27 heavy (non-hydrogen) atoms. The second kappa shape index (κ2) is 7.55. The fourth-order valence-electron chi connectivity index (χ4n) is 2.93. The maximum absolute atomic E-state index is 13.6. The van der Waals surface area contributed by atoms with E-state index in [-0.39, 0.29) is 5.56 Å². The van der Waals surface area contributed by atoms with Crippen molar-refractivity contribution in [3.05, 3.63) is 82.0 Å². The van der Waals surface area contributed by atoms with Gasteiger partial charge in [-0.3, -0.25) is 0 Å². The maximum Gasteiger partial charge on any atom is 0.435 e. The average Bonchev–Trinajstić information content (AvgIpc) is 3.01. The predicted molar refractivity (Wildman–Crippen MR) is 96.5 cm³/mol. The number of hydrogen-bond acceptors (Lipinski definition) is 2. The summed E-state index contributed by atoms with van der Waals surface area (Å²) in [6, 6.07) is 15.4. The molecule has 3 rings (SSSR count). The molecule has 0 aliphatic carbocycles. The highest BCUT2D eigenvalue weighted by molar-refractivity contribution is 5.70. The van der Waals surface area contributed by atoms with Crippen molar-refractivity contribution in [2.45, 2.75) is 19.5 Å². The van der Waals surface area contributed by atoms with Crippen LogP contribution in [0.5, 0.6) is 0 Å². The second-order valence-corrected chi connectivity index (χ2v) is 5.96. The molecule has 0 bridgehead atoms. The van der Waals surface area contributed by atoms with Gasteiger partial charge in [0.05, 0.1) is 5.69 Å². The summed E-state index contributed by atoms with van der Waals surface area (Å²) in [6.07, 6.45) is -4.00. The van der Waals surface area contributed by atoms with Crippen LogP contribution in [0.3, 0.4) is 0 Å². The highest BCUT2D eigenvalue weighted by Gasteiger charge is 2.39. The van der Waals surface area contributed by atoms with E-state index in [0.29, 0.717) is 29.9 Å². The molecule has 0 aliphatic heterocycles. The molecule has 0 unspecified atom stereocenters. The minimum Gasteiger partial charge on any atom is -0.237 e. The van der Waals surface area contributed by atoms with Crippen molar-refractivity contribution in [1.29, 1.82) is 0 Å². The summed E-state index contributed by atoms with van der Waals surface area (Å²) in [5.74, 6) is 0. The molecule has 5 nitrogen and oxygen atoms in total. The molecule has 0 aliphatic rings. The van der Waals surface area contributed by atoms with E-state index < -0.39 is 11.9 Å². The molecule has 0 saturated heterocycles. The summed E-state index contributed by atoms with van der Waals surface area (Å²) in [5.41, 5.74) is 9.83. The third kappa shape index (κ3) is 3.96. The van der Waals surface area contributed by atoms with Crippen LogP contribution < -0.4 is 0 Å². The molecule has 138 valence electrons. The van der Waals surface area contributed by atoms with E-state index in [1.165, 1.54) is 4.68 Å². The second-order valence-electron chi connectivity index (χ2n) is 5.96. The highest BCUT2D eigenvalue weighted by Crippen LogP contribution is 2.39. The number of halogens is 3. The average molecular weight is 371 g/mol. The Morgan fingerprint density at radius 3 is 2.33 bits per heavy atom. The quantitative estimate of drug-likeness (QED) is 0.321.